The predicted octanol–water partition coefficient (Wildman–Crippen LogP) is 1.55. The molecule has 1 fully saturated rings. The van der Waals surface area contributed by atoms with E-state index in [0.717, 1.165) is 25.8 Å². The van der Waals surface area contributed by atoms with Crippen molar-refractivity contribution in [1.82, 2.24) is 10.2 Å². The Morgan fingerprint density at radius 1 is 1.41 bits per heavy atom. The Kier molecular flexibility index (Phi) is 6.45. The van der Waals surface area contributed by atoms with E-state index >= 15 is 0 Å². The summed E-state index contributed by atoms with van der Waals surface area (Å²) in [6, 6.07) is 3.44. The lowest BCUT2D eigenvalue weighted by Crippen LogP contribution is -2.44. The first-order valence-corrected chi connectivity index (χ1v) is 7.94. The van der Waals surface area contributed by atoms with Crippen molar-refractivity contribution in [2.45, 2.75) is 44.6 Å². The fourth-order valence-corrected chi connectivity index (χ4v) is 2.86. The van der Waals surface area contributed by atoms with Crippen LogP contribution >= 0.6 is 0 Å². The van der Waals surface area contributed by atoms with Gasteiger partial charge in [0.15, 0.2) is 5.76 Å². The summed E-state index contributed by atoms with van der Waals surface area (Å²) in [7, 11) is 0. The second-order valence-corrected chi connectivity index (χ2v) is 5.59. The van der Waals surface area contributed by atoms with Gasteiger partial charge in [-0.2, -0.15) is 0 Å². The zero-order valence-corrected chi connectivity index (χ0v) is 12.8. The third-order valence-electron chi connectivity index (χ3n) is 4.01. The van der Waals surface area contributed by atoms with Gasteiger partial charge >= 0.3 is 0 Å². The van der Waals surface area contributed by atoms with Gasteiger partial charge in [-0.25, -0.2) is 0 Å². The number of hydrogen-bond acceptors (Lipinski definition) is 4. The van der Waals surface area contributed by atoms with E-state index in [0.29, 0.717) is 25.8 Å². The van der Waals surface area contributed by atoms with Gasteiger partial charge in [-0.15, -0.1) is 0 Å². The highest BCUT2D eigenvalue weighted by molar-refractivity contribution is 5.91. The molecule has 6 nitrogen and oxygen atoms in total. The molecular weight excluding hydrogens is 284 g/mol. The van der Waals surface area contributed by atoms with E-state index in [4.69, 9.17) is 9.52 Å². The lowest BCUT2D eigenvalue weighted by Gasteiger charge is -2.35. The van der Waals surface area contributed by atoms with Crippen molar-refractivity contribution in [3.05, 3.63) is 24.2 Å². The topological polar surface area (TPSA) is 82.8 Å². The van der Waals surface area contributed by atoms with E-state index in [1.165, 1.54) is 6.26 Å². The first-order chi connectivity index (χ1) is 10.7. The van der Waals surface area contributed by atoms with Crippen LogP contribution in [0.15, 0.2) is 22.8 Å². The number of aliphatic hydroxyl groups is 1. The largest absolute Gasteiger partial charge is 0.459 e. The average molecular weight is 308 g/mol. The maximum absolute atomic E-state index is 12.3. The van der Waals surface area contributed by atoms with Crippen LogP contribution in [0.4, 0.5) is 0 Å². The molecule has 2 heterocycles. The lowest BCUT2D eigenvalue weighted by atomic mass is 9.99. The Bertz CT molecular complexity index is 471. The molecule has 1 aromatic heterocycles. The molecular formula is C16H24N2O4. The molecule has 1 aliphatic heterocycles. The molecule has 1 atom stereocenters. The second-order valence-electron chi connectivity index (χ2n) is 5.59. The molecule has 1 unspecified atom stereocenters. The summed E-state index contributed by atoms with van der Waals surface area (Å²) in [5.74, 6) is 0.143. The first kappa shape index (κ1) is 16.5. The number of hydrogen-bond donors (Lipinski definition) is 2. The Labute approximate surface area is 130 Å². The smallest absolute Gasteiger partial charge is 0.286 e. The fourth-order valence-electron chi connectivity index (χ4n) is 2.86. The summed E-state index contributed by atoms with van der Waals surface area (Å²) in [5, 5.41) is 11.8. The summed E-state index contributed by atoms with van der Waals surface area (Å²) >= 11 is 0. The van der Waals surface area contributed by atoms with Crippen LogP contribution in [0, 0.1) is 0 Å². The summed E-state index contributed by atoms with van der Waals surface area (Å²) in [6.07, 6.45) is 6.25. The van der Waals surface area contributed by atoms with Crippen LogP contribution in [0.2, 0.25) is 0 Å². The van der Waals surface area contributed by atoms with Gasteiger partial charge in [0.05, 0.1) is 6.26 Å². The highest BCUT2D eigenvalue weighted by atomic mass is 16.3. The molecule has 0 aliphatic carbocycles. The lowest BCUT2D eigenvalue weighted by molar-refractivity contribution is -0.135. The molecule has 1 aromatic rings. The van der Waals surface area contributed by atoms with Crippen molar-refractivity contribution in [3.8, 4) is 0 Å². The van der Waals surface area contributed by atoms with Crippen molar-refractivity contribution in [3.63, 3.8) is 0 Å². The van der Waals surface area contributed by atoms with E-state index < -0.39 is 0 Å². The van der Waals surface area contributed by atoms with Crippen LogP contribution in [0.3, 0.4) is 0 Å². The summed E-state index contributed by atoms with van der Waals surface area (Å²) < 4.78 is 5.00. The average Bonchev–Trinajstić information content (AvgIpc) is 3.06. The Morgan fingerprint density at radius 3 is 3.00 bits per heavy atom. The number of carbonyl (C=O) groups excluding carboxylic acids is 2. The van der Waals surface area contributed by atoms with Crippen molar-refractivity contribution >= 4 is 11.8 Å². The molecule has 6 heteroatoms. The van der Waals surface area contributed by atoms with E-state index in [2.05, 4.69) is 5.32 Å². The molecule has 122 valence electrons. The van der Waals surface area contributed by atoms with Gasteiger partial charge in [-0.1, -0.05) is 0 Å². The molecule has 0 saturated carbocycles. The summed E-state index contributed by atoms with van der Waals surface area (Å²) in [4.78, 5) is 25.8. The maximum Gasteiger partial charge on any atom is 0.286 e. The van der Waals surface area contributed by atoms with Crippen LogP contribution in [0.1, 0.15) is 49.1 Å². The third-order valence-corrected chi connectivity index (χ3v) is 4.01. The number of nitrogens with one attached hydrogen (secondary N) is 1. The molecule has 1 aliphatic rings. The minimum atomic E-state index is -0.256. The molecule has 2 N–H and O–H groups in total. The van der Waals surface area contributed by atoms with Crippen LogP contribution in [0.25, 0.3) is 0 Å². The van der Waals surface area contributed by atoms with Crippen molar-refractivity contribution in [2.24, 2.45) is 0 Å². The number of likely N-dealkylation sites (tertiary alicyclic amines) is 1. The van der Waals surface area contributed by atoms with Gasteiger partial charge in [0, 0.05) is 32.2 Å². The monoisotopic (exact) mass is 308 g/mol. The quantitative estimate of drug-likeness (QED) is 0.749. The van der Waals surface area contributed by atoms with Crippen LogP contribution in [-0.4, -0.2) is 47.6 Å². The van der Waals surface area contributed by atoms with E-state index in [9.17, 15) is 9.59 Å². The fraction of sp³-hybridized carbons (Fsp3) is 0.625. The molecule has 0 spiro atoms. The highest BCUT2D eigenvalue weighted by Gasteiger charge is 2.25. The number of nitrogens with zero attached hydrogens (tertiary/aromatic N) is 1. The standard InChI is InChI=1S/C16H24N2O4/c19-11-8-13-5-1-2-10-18(13)15(20)7-3-9-17-16(21)14-6-4-12-22-14/h4,6,12-13,19H,1-3,5,7-11H2,(H,17,21). The number of rotatable bonds is 7. The zero-order chi connectivity index (χ0) is 15.8. The first-order valence-electron chi connectivity index (χ1n) is 7.94. The van der Waals surface area contributed by atoms with E-state index in [1.54, 1.807) is 12.1 Å². The van der Waals surface area contributed by atoms with Crippen LogP contribution in [-0.2, 0) is 4.79 Å². The van der Waals surface area contributed by atoms with Gasteiger partial charge in [0.2, 0.25) is 5.91 Å². The minimum absolute atomic E-state index is 0.116. The third kappa shape index (κ3) is 4.59. The Morgan fingerprint density at radius 2 is 2.27 bits per heavy atom. The molecule has 0 aromatic carbocycles. The number of aliphatic hydroxyl groups excluding tert-OH is 1. The molecule has 2 amide bonds. The Hall–Kier alpha value is -1.82. The predicted molar refractivity (Wildman–Crippen MR) is 81.3 cm³/mol. The van der Waals surface area contributed by atoms with Gasteiger partial charge in [-0.05, 0) is 44.2 Å². The number of amides is 2. The second kappa shape index (κ2) is 8.58. The van der Waals surface area contributed by atoms with Gasteiger partial charge in [0.1, 0.15) is 0 Å². The molecule has 2 rings (SSSR count). The molecule has 0 radical (unpaired) electrons. The number of furan rings is 1. The minimum Gasteiger partial charge on any atom is -0.459 e. The van der Waals surface area contributed by atoms with Gasteiger partial charge in [0.25, 0.3) is 5.91 Å². The van der Waals surface area contributed by atoms with Crippen molar-refractivity contribution in [2.75, 3.05) is 19.7 Å². The number of piperidine rings is 1. The Balaban J connectivity index is 1.69. The van der Waals surface area contributed by atoms with Crippen LogP contribution < -0.4 is 5.32 Å². The van der Waals surface area contributed by atoms with Crippen LogP contribution in [0.5, 0.6) is 0 Å². The number of carbonyl (C=O) groups is 2. The molecule has 0 bridgehead atoms. The van der Waals surface area contributed by atoms with Gasteiger partial charge in [-0.3, -0.25) is 9.59 Å². The van der Waals surface area contributed by atoms with E-state index in [1.807, 2.05) is 4.90 Å². The van der Waals surface area contributed by atoms with Gasteiger partial charge < -0.3 is 19.7 Å². The maximum atomic E-state index is 12.3. The molecule has 22 heavy (non-hydrogen) atoms. The van der Waals surface area contributed by atoms with Crippen molar-refractivity contribution < 1.29 is 19.1 Å². The normalized spacial score (nSPS) is 18.2. The van der Waals surface area contributed by atoms with Crippen molar-refractivity contribution in [1.29, 1.82) is 0 Å². The summed E-state index contributed by atoms with van der Waals surface area (Å²) in [5.41, 5.74) is 0. The highest BCUT2D eigenvalue weighted by Crippen LogP contribution is 2.20. The van der Waals surface area contributed by atoms with E-state index in [-0.39, 0.29) is 30.2 Å². The summed E-state index contributed by atoms with van der Waals surface area (Å²) in [6.45, 7) is 1.35. The SMILES string of the molecule is O=C(NCCCC(=O)N1CCCCC1CCO)c1ccco1. The molecule has 1 saturated heterocycles. The zero-order valence-electron chi connectivity index (χ0n) is 12.8.